The standard InChI is InChI=1S/C14H15ClN2O2S/c1-14(2,3)11-8-20-12(16-11)17-13(18)19-10-6-4-9(15)5-7-10/h4-8H,1-3H3,(H,16,17,18). The van der Waals surface area contributed by atoms with Crippen LogP contribution in [0.1, 0.15) is 26.5 Å². The van der Waals surface area contributed by atoms with E-state index in [1.165, 1.54) is 11.3 Å². The fourth-order valence-corrected chi connectivity index (χ4v) is 2.45. The molecule has 0 radical (unpaired) electrons. The van der Waals surface area contributed by atoms with E-state index in [1.54, 1.807) is 24.3 Å². The highest BCUT2D eigenvalue weighted by Gasteiger charge is 2.18. The van der Waals surface area contributed by atoms with Crippen LogP contribution >= 0.6 is 22.9 Å². The average Bonchev–Trinajstić information content (AvgIpc) is 2.80. The Hall–Kier alpha value is -1.59. The summed E-state index contributed by atoms with van der Waals surface area (Å²) in [5, 5.41) is 5.65. The summed E-state index contributed by atoms with van der Waals surface area (Å²) in [6.45, 7) is 6.20. The molecule has 0 atom stereocenters. The number of benzene rings is 1. The van der Waals surface area contributed by atoms with Crippen molar-refractivity contribution in [2.24, 2.45) is 0 Å². The van der Waals surface area contributed by atoms with Crippen molar-refractivity contribution in [2.75, 3.05) is 5.32 Å². The number of amides is 1. The van der Waals surface area contributed by atoms with Gasteiger partial charge < -0.3 is 4.74 Å². The topological polar surface area (TPSA) is 51.2 Å². The lowest BCUT2D eigenvalue weighted by atomic mass is 9.93. The minimum atomic E-state index is -0.567. The lowest BCUT2D eigenvalue weighted by molar-refractivity contribution is 0.215. The number of nitrogens with one attached hydrogen (secondary N) is 1. The number of carbonyl (C=O) groups is 1. The number of hydrogen-bond acceptors (Lipinski definition) is 4. The third kappa shape index (κ3) is 3.95. The summed E-state index contributed by atoms with van der Waals surface area (Å²) in [4.78, 5) is 16.1. The van der Waals surface area contributed by atoms with Crippen molar-refractivity contribution in [2.45, 2.75) is 26.2 Å². The molecule has 1 amide bonds. The second-order valence-electron chi connectivity index (χ2n) is 5.26. The van der Waals surface area contributed by atoms with Gasteiger partial charge in [-0.05, 0) is 24.3 Å². The maximum atomic E-state index is 11.7. The molecule has 2 aromatic rings. The quantitative estimate of drug-likeness (QED) is 0.874. The van der Waals surface area contributed by atoms with Crippen molar-refractivity contribution in [3.63, 3.8) is 0 Å². The molecule has 4 nitrogen and oxygen atoms in total. The van der Waals surface area contributed by atoms with E-state index in [0.29, 0.717) is 15.9 Å². The number of carbonyl (C=O) groups excluding carboxylic acids is 1. The molecule has 0 unspecified atom stereocenters. The molecule has 106 valence electrons. The normalized spacial score (nSPS) is 11.2. The second kappa shape index (κ2) is 5.81. The Labute approximate surface area is 126 Å². The molecular weight excluding hydrogens is 296 g/mol. The van der Waals surface area contributed by atoms with E-state index in [1.807, 2.05) is 5.38 Å². The van der Waals surface area contributed by atoms with Crippen LogP contribution in [0, 0.1) is 0 Å². The Kier molecular flexibility index (Phi) is 4.30. The van der Waals surface area contributed by atoms with E-state index in [-0.39, 0.29) is 5.41 Å². The average molecular weight is 311 g/mol. The molecule has 0 fully saturated rings. The monoisotopic (exact) mass is 310 g/mol. The van der Waals surface area contributed by atoms with E-state index >= 15 is 0 Å². The van der Waals surface area contributed by atoms with Crippen LogP contribution in [-0.4, -0.2) is 11.1 Å². The first kappa shape index (κ1) is 14.8. The van der Waals surface area contributed by atoms with Crippen LogP contribution in [0.3, 0.4) is 0 Å². The summed E-state index contributed by atoms with van der Waals surface area (Å²) in [6.07, 6.45) is -0.567. The minimum absolute atomic E-state index is 0.0451. The predicted octanol–water partition coefficient (Wildman–Crippen LogP) is 4.70. The van der Waals surface area contributed by atoms with Crippen LogP contribution < -0.4 is 10.1 Å². The molecule has 1 heterocycles. The minimum Gasteiger partial charge on any atom is -0.410 e. The number of aromatic nitrogens is 1. The van der Waals surface area contributed by atoms with Gasteiger partial charge >= 0.3 is 6.09 Å². The number of hydrogen-bond donors (Lipinski definition) is 1. The predicted molar refractivity (Wildman–Crippen MR) is 81.9 cm³/mol. The smallest absolute Gasteiger partial charge is 0.410 e. The highest BCUT2D eigenvalue weighted by molar-refractivity contribution is 7.13. The molecule has 6 heteroatoms. The molecule has 2 rings (SSSR count). The second-order valence-corrected chi connectivity index (χ2v) is 6.55. The Bertz CT molecular complexity index is 602. The van der Waals surface area contributed by atoms with E-state index in [0.717, 1.165) is 5.69 Å². The molecular formula is C14H15ClN2O2S. The summed E-state index contributed by atoms with van der Waals surface area (Å²) in [5.41, 5.74) is 0.889. The van der Waals surface area contributed by atoms with Crippen LogP contribution in [-0.2, 0) is 5.41 Å². The molecule has 0 aliphatic carbocycles. The lowest BCUT2D eigenvalue weighted by Gasteiger charge is -2.14. The molecule has 1 N–H and O–H groups in total. The highest BCUT2D eigenvalue weighted by Crippen LogP contribution is 2.26. The number of anilines is 1. The van der Waals surface area contributed by atoms with Gasteiger partial charge in [-0.15, -0.1) is 11.3 Å². The van der Waals surface area contributed by atoms with E-state index in [4.69, 9.17) is 16.3 Å². The zero-order valence-corrected chi connectivity index (χ0v) is 13.0. The fourth-order valence-electron chi connectivity index (χ4n) is 1.40. The fraction of sp³-hybridized carbons (Fsp3) is 0.286. The van der Waals surface area contributed by atoms with Gasteiger partial charge in [0.25, 0.3) is 0 Å². The number of rotatable bonds is 2. The molecule has 0 saturated heterocycles. The maximum absolute atomic E-state index is 11.7. The molecule has 0 spiro atoms. The van der Waals surface area contributed by atoms with Gasteiger partial charge in [-0.3, -0.25) is 5.32 Å². The van der Waals surface area contributed by atoms with Crippen LogP contribution in [0.5, 0.6) is 5.75 Å². The molecule has 1 aromatic heterocycles. The SMILES string of the molecule is CC(C)(C)c1csc(NC(=O)Oc2ccc(Cl)cc2)n1. The van der Waals surface area contributed by atoms with Gasteiger partial charge in [0.2, 0.25) is 0 Å². The van der Waals surface area contributed by atoms with Gasteiger partial charge in [0.15, 0.2) is 5.13 Å². The van der Waals surface area contributed by atoms with Gasteiger partial charge in [-0.25, -0.2) is 9.78 Å². The van der Waals surface area contributed by atoms with Crippen LogP contribution in [0.4, 0.5) is 9.93 Å². The Morgan fingerprint density at radius 2 is 1.95 bits per heavy atom. The van der Waals surface area contributed by atoms with Crippen LogP contribution in [0.25, 0.3) is 0 Å². The first-order valence-electron chi connectivity index (χ1n) is 6.05. The van der Waals surface area contributed by atoms with Crippen molar-refractivity contribution in [3.8, 4) is 5.75 Å². The van der Waals surface area contributed by atoms with Crippen molar-refractivity contribution in [3.05, 3.63) is 40.4 Å². The molecule has 0 bridgehead atoms. The number of halogens is 1. The van der Waals surface area contributed by atoms with Gasteiger partial charge in [-0.2, -0.15) is 0 Å². The summed E-state index contributed by atoms with van der Waals surface area (Å²) in [6, 6.07) is 6.57. The van der Waals surface area contributed by atoms with E-state index in [2.05, 4.69) is 31.1 Å². The Balaban J connectivity index is 1.98. The zero-order chi connectivity index (χ0) is 14.8. The van der Waals surface area contributed by atoms with Gasteiger partial charge in [-0.1, -0.05) is 32.4 Å². The van der Waals surface area contributed by atoms with Gasteiger partial charge in [0, 0.05) is 15.8 Å². The van der Waals surface area contributed by atoms with E-state index < -0.39 is 6.09 Å². The summed E-state index contributed by atoms with van der Waals surface area (Å²) >= 11 is 7.13. The Morgan fingerprint density at radius 1 is 1.30 bits per heavy atom. The summed E-state index contributed by atoms with van der Waals surface area (Å²) < 4.78 is 5.13. The van der Waals surface area contributed by atoms with Crippen molar-refractivity contribution in [1.82, 2.24) is 4.98 Å². The summed E-state index contributed by atoms with van der Waals surface area (Å²) in [7, 11) is 0. The van der Waals surface area contributed by atoms with Gasteiger partial charge in [0.05, 0.1) is 5.69 Å². The zero-order valence-electron chi connectivity index (χ0n) is 11.4. The van der Waals surface area contributed by atoms with Crippen molar-refractivity contribution >= 4 is 34.2 Å². The van der Waals surface area contributed by atoms with Crippen molar-refractivity contribution in [1.29, 1.82) is 0 Å². The third-order valence-electron chi connectivity index (χ3n) is 2.51. The number of nitrogens with zero attached hydrogens (tertiary/aromatic N) is 1. The molecule has 1 aromatic carbocycles. The van der Waals surface area contributed by atoms with Crippen LogP contribution in [0.2, 0.25) is 5.02 Å². The highest BCUT2D eigenvalue weighted by atomic mass is 35.5. The molecule has 20 heavy (non-hydrogen) atoms. The summed E-state index contributed by atoms with van der Waals surface area (Å²) in [5.74, 6) is 0.430. The first-order valence-corrected chi connectivity index (χ1v) is 7.31. The number of thiazole rings is 1. The molecule has 0 saturated carbocycles. The number of ether oxygens (including phenoxy) is 1. The largest absolute Gasteiger partial charge is 0.418 e. The lowest BCUT2D eigenvalue weighted by Crippen LogP contribution is -2.17. The molecule has 0 aliphatic heterocycles. The molecule has 0 aliphatic rings. The Morgan fingerprint density at radius 3 is 2.50 bits per heavy atom. The van der Waals surface area contributed by atoms with Crippen molar-refractivity contribution < 1.29 is 9.53 Å². The van der Waals surface area contributed by atoms with E-state index in [9.17, 15) is 4.79 Å². The first-order chi connectivity index (χ1) is 9.34. The maximum Gasteiger partial charge on any atom is 0.418 e. The third-order valence-corrected chi connectivity index (χ3v) is 3.52. The van der Waals surface area contributed by atoms with Crippen LogP contribution in [0.15, 0.2) is 29.6 Å². The van der Waals surface area contributed by atoms with Gasteiger partial charge in [0.1, 0.15) is 5.75 Å².